The highest BCUT2D eigenvalue weighted by Gasteiger charge is 2.31. The monoisotopic (exact) mass is 919 g/mol. The van der Waals surface area contributed by atoms with Crippen molar-refractivity contribution in [3.8, 4) is 22.3 Å². The van der Waals surface area contributed by atoms with Gasteiger partial charge >= 0.3 is 0 Å². The number of rotatable bonds is 8. The summed E-state index contributed by atoms with van der Waals surface area (Å²) in [6.45, 7) is 2.94. The van der Waals surface area contributed by atoms with Gasteiger partial charge in [0.25, 0.3) is 0 Å². The second-order valence-electron chi connectivity index (χ2n) is 18.7. The lowest BCUT2D eigenvalue weighted by Gasteiger charge is -2.35. The van der Waals surface area contributed by atoms with Gasteiger partial charge in [0.05, 0.1) is 16.7 Å². The van der Waals surface area contributed by atoms with Crippen molar-refractivity contribution in [2.45, 2.75) is 19.5 Å². The number of benzene rings is 8. The minimum absolute atomic E-state index is 0.299. The Morgan fingerprint density at radius 2 is 1.23 bits per heavy atom. The van der Waals surface area contributed by atoms with Crippen LogP contribution in [-0.2, 0) is 0 Å². The number of nitrogens with zero attached hydrogens (tertiary/aromatic N) is 4. The third kappa shape index (κ3) is 7.31. The summed E-state index contributed by atoms with van der Waals surface area (Å²) in [7, 11) is 2.14. The molecule has 0 bridgehead atoms. The fraction of sp³-hybridized carbons (Fsp3) is 0.0938. The Labute approximate surface area is 412 Å². The van der Waals surface area contributed by atoms with Crippen LogP contribution in [0.5, 0.6) is 0 Å². The van der Waals surface area contributed by atoms with Gasteiger partial charge in [-0.3, -0.25) is 0 Å². The first-order valence-electron chi connectivity index (χ1n) is 24.2. The van der Waals surface area contributed by atoms with Crippen LogP contribution in [0.15, 0.2) is 234 Å². The summed E-state index contributed by atoms with van der Waals surface area (Å²) in [6, 6.07) is 70.1. The van der Waals surface area contributed by atoms with E-state index in [2.05, 4.69) is 241 Å². The van der Waals surface area contributed by atoms with Gasteiger partial charge in [0, 0.05) is 61.4 Å². The molecule has 6 heteroatoms. The van der Waals surface area contributed by atoms with Crippen molar-refractivity contribution in [3.63, 3.8) is 0 Å². The normalized spacial score (nSPS) is 17.2. The van der Waals surface area contributed by atoms with Gasteiger partial charge in [-0.2, -0.15) is 0 Å². The Balaban J connectivity index is 1.06. The lowest BCUT2D eigenvalue weighted by Crippen LogP contribution is -2.38. The summed E-state index contributed by atoms with van der Waals surface area (Å²) in [6.07, 6.45) is 10.2. The molecule has 0 radical (unpaired) electrons. The van der Waals surface area contributed by atoms with E-state index in [9.17, 15) is 0 Å². The number of para-hydroxylation sites is 1. The quantitative estimate of drug-likeness (QED) is 0.165. The van der Waals surface area contributed by atoms with E-state index in [1.807, 2.05) is 17.4 Å². The minimum Gasteiger partial charge on any atom is -0.380 e. The summed E-state index contributed by atoms with van der Waals surface area (Å²) < 4.78 is 5.06. The van der Waals surface area contributed by atoms with Crippen LogP contribution in [-0.4, -0.2) is 34.7 Å². The molecule has 13 rings (SSSR count). The van der Waals surface area contributed by atoms with Gasteiger partial charge in [-0.15, -0.1) is 11.3 Å². The maximum atomic E-state index is 5.54. The van der Waals surface area contributed by atoms with E-state index in [1.165, 1.54) is 75.5 Å². The van der Waals surface area contributed by atoms with Gasteiger partial charge in [-0.05, 0) is 111 Å². The van der Waals surface area contributed by atoms with Gasteiger partial charge < -0.3 is 14.8 Å². The van der Waals surface area contributed by atoms with E-state index in [-0.39, 0.29) is 6.17 Å². The Morgan fingerprint density at radius 3 is 1.94 bits per heavy atom. The Bertz CT molecular complexity index is 3810. The first kappa shape index (κ1) is 41.8. The molecule has 5 nitrogen and oxygen atoms in total. The largest absolute Gasteiger partial charge is 0.380 e. The maximum Gasteiger partial charge on any atom is 0.159 e. The molecule has 2 aliphatic heterocycles. The summed E-state index contributed by atoms with van der Waals surface area (Å²) in [5, 5.41) is 9.14. The molecule has 0 saturated carbocycles. The molecule has 2 aromatic heterocycles. The molecule has 70 heavy (non-hydrogen) atoms. The number of hydrogen-bond donors (Lipinski definition) is 1. The lowest BCUT2D eigenvalue weighted by atomic mass is 9.90. The van der Waals surface area contributed by atoms with E-state index in [0.717, 1.165) is 45.8 Å². The molecule has 8 aromatic carbocycles. The molecule has 10 aromatic rings. The van der Waals surface area contributed by atoms with Gasteiger partial charge in [-0.25, -0.2) is 9.98 Å². The van der Waals surface area contributed by atoms with Crippen LogP contribution in [0, 0.1) is 5.92 Å². The molecule has 2 atom stereocenters. The lowest BCUT2D eigenvalue weighted by molar-refractivity contribution is 0.382. The Morgan fingerprint density at radius 1 is 0.586 bits per heavy atom. The van der Waals surface area contributed by atoms with Crippen molar-refractivity contribution in [3.05, 3.63) is 246 Å². The van der Waals surface area contributed by atoms with Crippen molar-refractivity contribution in [1.82, 2.24) is 14.8 Å². The van der Waals surface area contributed by atoms with Crippen LogP contribution in [0.4, 0.5) is 0 Å². The summed E-state index contributed by atoms with van der Waals surface area (Å²) in [5.41, 5.74) is 16.0. The average Bonchev–Trinajstić information content (AvgIpc) is 3.97. The zero-order chi connectivity index (χ0) is 46.7. The molecule has 1 aliphatic carbocycles. The van der Waals surface area contributed by atoms with Crippen LogP contribution in [0.25, 0.3) is 81.2 Å². The standard InChI is InChI=1S/C64H49N5S/c1-41-18-17-27-51(34-41)69-56-29-16-15-28-52(56)53-31-33-58-59(61(53)69)54-38-46(30-32-57(54)70-58)60-55(64-67-62(44-23-11-5-12-24-44)66-63(68(64)2)45-25-13-6-14-26-45)39-50(40-65-60)49-36-47(42-19-7-3-8-20-42)35-48(37-49)43-21-9-4-10-22-43/h3-17,19-39,41,63,65H,18,40H2,1-2H3. The molecule has 336 valence electrons. The molecular weight excluding hydrogens is 871 g/mol. The van der Waals surface area contributed by atoms with Crippen molar-refractivity contribution in [1.29, 1.82) is 0 Å². The summed E-state index contributed by atoms with van der Waals surface area (Å²) >= 11 is 1.87. The summed E-state index contributed by atoms with van der Waals surface area (Å²) in [4.78, 5) is 13.2. The number of nitrogens with one attached hydrogen (secondary N) is 1. The molecule has 4 heterocycles. The number of likely N-dealkylation sites (N-methyl/N-ethyl adjacent to an activating group) is 1. The second kappa shape index (κ2) is 17.3. The highest BCUT2D eigenvalue weighted by Crippen LogP contribution is 2.45. The number of allylic oxidation sites excluding steroid dienone is 4. The predicted molar refractivity (Wildman–Crippen MR) is 297 cm³/mol. The number of dihydropyridines is 1. The van der Waals surface area contributed by atoms with Crippen LogP contribution < -0.4 is 5.32 Å². The molecule has 0 saturated heterocycles. The first-order chi connectivity index (χ1) is 34.5. The van der Waals surface area contributed by atoms with E-state index in [1.54, 1.807) is 0 Å². The zero-order valence-electron chi connectivity index (χ0n) is 39.1. The number of fused-ring (bicyclic) bond motifs is 7. The Kier molecular flexibility index (Phi) is 10.4. The van der Waals surface area contributed by atoms with Gasteiger partial charge in [-0.1, -0.05) is 171 Å². The second-order valence-corrected chi connectivity index (χ2v) is 19.8. The molecule has 2 unspecified atom stereocenters. The van der Waals surface area contributed by atoms with Crippen LogP contribution in [0.1, 0.15) is 41.8 Å². The van der Waals surface area contributed by atoms with Crippen LogP contribution in [0.3, 0.4) is 0 Å². The fourth-order valence-corrected chi connectivity index (χ4v) is 11.8. The third-order valence-corrected chi connectivity index (χ3v) is 15.3. The van der Waals surface area contributed by atoms with Crippen molar-refractivity contribution < 1.29 is 0 Å². The van der Waals surface area contributed by atoms with Crippen molar-refractivity contribution in [2.24, 2.45) is 15.9 Å². The van der Waals surface area contributed by atoms with Gasteiger partial charge in [0.15, 0.2) is 5.84 Å². The fourth-order valence-electron chi connectivity index (χ4n) is 10.7. The number of aliphatic imine (C=N–C) groups is 2. The highest BCUT2D eigenvalue weighted by atomic mass is 32.1. The third-order valence-electron chi connectivity index (χ3n) is 14.2. The van der Waals surface area contributed by atoms with Crippen molar-refractivity contribution >= 4 is 82.0 Å². The Hall–Kier alpha value is -8.32. The molecule has 3 aliphatic rings. The number of hydrogen-bond acceptors (Lipinski definition) is 5. The van der Waals surface area contributed by atoms with Gasteiger partial charge in [0.1, 0.15) is 12.0 Å². The number of amidine groups is 2. The number of thiophene rings is 1. The van der Waals surface area contributed by atoms with Crippen LogP contribution >= 0.6 is 11.3 Å². The molecule has 0 amide bonds. The molecule has 0 fully saturated rings. The van der Waals surface area contributed by atoms with Crippen molar-refractivity contribution in [2.75, 3.05) is 13.6 Å². The SMILES string of the molecule is CC1C=C(n2c3ccccc3c3ccc4sc5ccc(C6=C(C7=NC(c8ccccc8)=NC(c8ccccc8)N7C)C=C(c7cc(-c8ccccc8)cc(-c8ccccc8)c7)CN6)cc5c4c32)C=CC1. The van der Waals surface area contributed by atoms with E-state index in [4.69, 9.17) is 9.98 Å². The number of aromatic nitrogens is 1. The van der Waals surface area contributed by atoms with Crippen LogP contribution in [0.2, 0.25) is 0 Å². The molecule has 1 N–H and O–H groups in total. The zero-order valence-corrected chi connectivity index (χ0v) is 39.9. The average molecular weight is 920 g/mol. The molecular formula is C64H49N5S. The van der Waals surface area contributed by atoms with Gasteiger partial charge in [0.2, 0.25) is 0 Å². The summed E-state index contributed by atoms with van der Waals surface area (Å²) in [5.74, 6) is 2.03. The smallest absolute Gasteiger partial charge is 0.159 e. The van der Waals surface area contributed by atoms with E-state index < -0.39 is 0 Å². The van der Waals surface area contributed by atoms with E-state index >= 15 is 0 Å². The predicted octanol–water partition coefficient (Wildman–Crippen LogP) is 15.8. The first-order valence-corrected chi connectivity index (χ1v) is 25.1. The highest BCUT2D eigenvalue weighted by molar-refractivity contribution is 7.26. The minimum atomic E-state index is -0.299. The maximum absolute atomic E-state index is 5.54. The molecule has 0 spiro atoms. The van der Waals surface area contributed by atoms with E-state index in [0.29, 0.717) is 18.3 Å². The topological polar surface area (TPSA) is 44.9 Å².